The Hall–Kier alpha value is -2.41. The Morgan fingerprint density at radius 1 is 1.19 bits per heavy atom. The van der Waals surface area contributed by atoms with E-state index in [4.69, 9.17) is 5.73 Å². The van der Waals surface area contributed by atoms with Crippen molar-refractivity contribution in [1.29, 1.82) is 0 Å². The van der Waals surface area contributed by atoms with Crippen LogP contribution in [-0.2, 0) is 10.0 Å². The fourth-order valence-electron chi connectivity index (χ4n) is 1.76. The van der Waals surface area contributed by atoms with Crippen molar-refractivity contribution in [3.05, 3.63) is 53.8 Å². The highest BCUT2D eigenvalue weighted by Gasteiger charge is 2.16. The molecule has 0 atom stereocenters. The van der Waals surface area contributed by atoms with Crippen molar-refractivity contribution in [2.45, 2.75) is 11.8 Å². The lowest BCUT2D eigenvalue weighted by atomic mass is 10.1. The van der Waals surface area contributed by atoms with Crippen molar-refractivity contribution in [2.75, 3.05) is 10.5 Å². The van der Waals surface area contributed by atoms with Crippen LogP contribution in [-0.4, -0.2) is 14.2 Å². The molecule has 0 radical (unpaired) electrons. The second kappa shape index (κ2) is 5.53. The molecule has 0 aromatic heterocycles. The van der Waals surface area contributed by atoms with Gasteiger partial charge < -0.3 is 5.73 Å². The molecule has 0 aliphatic carbocycles. The quantitative estimate of drug-likeness (QED) is 0.670. The monoisotopic (exact) mass is 308 g/mol. The molecule has 0 saturated carbocycles. The van der Waals surface area contributed by atoms with Crippen molar-refractivity contribution in [3.63, 3.8) is 0 Å². The van der Waals surface area contributed by atoms with E-state index in [1.165, 1.54) is 19.1 Å². The Morgan fingerprint density at radius 2 is 1.90 bits per heavy atom. The summed E-state index contributed by atoms with van der Waals surface area (Å²) in [5, 5.41) is 0. The van der Waals surface area contributed by atoms with E-state index >= 15 is 0 Å². The topological polar surface area (TPSA) is 89.3 Å². The summed E-state index contributed by atoms with van der Waals surface area (Å²) < 4.78 is 39.9. The number of hydrogen-bond donors (Lipinski definition) is 2. The summed E-state index contributed by atoms with van der Waals surface area (Å²) in [4.78, 5) is 11.0. The van der Waals surface area contributed by atoms with Gasteiger partial charge in [0.15, 0.2) is 5.78 Å². The highest BCUT2D eigenvalue weighted by molar-refractivity contribution is 7.92. The minimum Gasteiger partial charge on any atom is -0.399 e. The van der Waals surface area contributed by atoms with E-state index in [0.717, 1.165) is 18.2 Å². The number of carbonyl (C=O) groups is 1. The van der Waals surface area contributed by atoms with Gasteiger partial charge in [-0.3, -0.25) is 9.52 Å². The van der Waals surface area contributed by atoms with Crippen molar-refractivity contribution in [3.8, 4) is 0 Å². The van der Waals surface area contributed by atoms with Gasteiger partial charge in [-0.25, -0.2) is 12.8 Å². The first-order valence-corrected chi connectivity index (χ1v) is 7.46. The number of hydrogen-bond acceptors (Lipinski definition) is 4. The molecule has 2 rings (SSSR count). The number of halogens is 1. The smallest absolute Gasteiger partial charge is 0.262 e. The molecule has 0 bridgehead atoms. The van der Waals surface area contributed by atoms with Crippen LogP contribution in [0.1, 0.15) is 17.3 Å². The summed E-state index contributed by atoms with van der Waals surface area (Å²) >= 11 is 0. The molecule has 0 amide bonds. The standard InChI is InChI=1S/C14H13FN2O3S/c1-9(18)10-3-2-4-13(5-10)17-21(19,20)14-7-11(15)6-12(16)8-14/h2-8,17H,16H2,1H3. The predicted molar refractivity (Wildman–Crippen MR) is 78.1 cm³/mol. The van der Waals surface area contributed by atoms with Gasteiger partial charge in [0.1, 0.15) is 5.82 Å². The minimum atomic E-state index is -3.98. The second-order valence-corrected chi connectivity index (χ2v) is 6.15. The van der Waals surface area contributed by atoms with Gasteiger partial charge in [0.25, 0.3) is 10.0 Å². The first-order valence-electron chi connectivity index (χ1n) is 5.98. The summed E-state index contributed by atoms with van der Waals surface area (Å²) in [6.07, 6.45) is 0. The lowest BCUT2D eigenvalue weighted by Gasteiger charge is -2.09. The van der Waals surface area contributed by atoms with Crippen LogP contribution in [0, 0.1) is 5.82 Å². The van der Waals surface area contributed by atoms with Crippen LogP contribution in [0.15, 0.2) is 47.4 Å². The van der Waals surface area contributed by atoms with Crippen LogP contribution in [0.25, 0.3) is 0 Å². The van der Waals surface area contributed by atoms with Gasteiger partial charge in [0, 0.05) is 16.9 Å². The first kappa shape index (κ1) is 15.0. The minimum absolute atomic E-state index is 0.00728. The third-order valence-corrected chi connectivity index (χ3v) is 4.09. The fourth-order valence-corrected chi connectivity index (χ4v) is 2.87. The van der Waals surface area contributed by atoms with Crippen molar-refractivity contribution in [2.24, 2.45) is 0 Å². The molecule has 0 saturated heterocycles. The van der Waals surface area contributed by atoms with E-state index in [2.05, 4.69) is 4.72 Å². The van der Waals surface area contributed by atoms with Gasteiger partial charge in [-0.05, 0) is 37.3 Å². The van der Waals surface area contributed by atoms with Gasteiger partial charge in [-0.1, -0.05) is 12.1 Å². The lowest BCUT2D eigenvalue weighted by molar-refractivity contribution is 0.101. The zero-order valence-electron chi connectivity index (χ0n) is 11.1. The van der Waals surface area contributed by atoms with Gasteiger partial charge >= 0.3 is 0 Å². The van der Waals surface area contributed by atoms with Crippen molar-refractivity contribution in [1.82, 2.24) is 0 Å². The van der Waals surface area contributed by atoms with E-state index in [1.807, 2.05) is 0 Å². The summed E-state index contributed by atoms with van der Waals surface area (Å²) in [6, 6.07) is 9.06. The molecule has 2 aromatic carbocycles. The highest BCUT2D eigenvalue weighted by atomic mass is 32.2. The van der Waals surface area contributed by atoms with Crippen LogP contribution in [0.3, 0.4) is 0 Å². The number of rotatable bonds is 4. The molecule has 2 aromatic rings. The van der Waals surface area contributed by atoms with Crippen molar-refractivity contribution >= 4 is 27.2 Å². The number of benzene rings is 2. The van der Waals surface area contributed by atoms with Crippen molar-refractivity contribution < 1.29 is 17.6 Å². The second-order valence-electron chi connectivity index (χ2n) is 4.46. The van der Waals surface area contributed by atoms with Gasteiger partial charge in [0.2, 0.25) is 0 Å². The largest absolute Gasteiger partial charge is 0.399 e. The zero-order chi connectivity index (χ0) is 15.6. The maximum Gasteiger partial charge on any atom is 0.262 e. The Labute approximate surface area is 121 Å². The van der Waals surface area contributed by atoms with Crippen LogP contribution >= 0.6 is 0 Å². The highest BCUT2D eigenvalue weighted by Crippen LogP contribution is 2.20. The summed E-state index contributed by atoms with van der Waals surface area (Å²) in [5.41, 5.74) is 6.03. The van der Waals surface area contributed by atoms with Gasteiger partial charge in [0.05, 0.1) is 4.90 Å². The third-order valence-electron chi connectivity index (χ3n) is 2.73. The number of ketones is 1. The Kier molecular flexibility index (Phi) is 3.95. The summed E-state index contributed by atoms with van der Waals surface area (Å²) in [5.74, 6) is -0.932. The molecule has 0 spiro atoms. The molecular weight excluding hydrogens is 295 g/mol. The SMILES string of the molecule is CC(=O)c1cccc(NS(=O)(=O)c2cc(N)cc(F)c2)c1. The van der Waals surface area contributed by atoms with E-state index in [-0.39, 0.29) is 22.1 Å². The van der Waals surface area contributed by atoms with Crippen LogP contribution in [0.4, 0.5) is 15.8 Å². The van der Waals surface area contributed by atoms with Crippen LogP contribution < -0.4 is 10.5 Å². The Morgan fingerprint density at radius 3 is 2.52 bits per heavy atom. The number of carbonyl (C=O) groups excluding carboxylic acids is 1. The molecule has 0 unspecified atom stereocenters. The molecule has 21 heavy (non-hydrogen) atoms. The molecular formula is C14H13FN2O3S. The number of nitrogen functional groups attached to an aromatic ring is 1. The zero-order valence-corrected chi connectivity index (χ0v) is 11.9. The number of Topliss-reactive ketones (excluding diaryl/α,β-unsaturated/α-hetero) is 1. The third kappa shape index (κ3) is 3.57. The average Bonchev–Trinajstić information content (AvgIpc) is 2.37. The predicted octanol–water partition coefficient (Wildman–Crippen LogP) is 2.41. The number of nitrogens with two attached hydrogens (primary N) is 1. The molecule has 0 aliphatic heterocycles. The van der Waals surface area contributed by atoms with Crippen LogP contribution in [0.2, 0.25) is 0 Å². The molecule has 0 aliphatic rings. The number of nitrogens with one attached hydrogen (secondary N) is 1. The first-order chi connectivity index (χ1) is 9.78. The molecule has 5 nitrogen and oxygen atoms in total. The summed E-state index contributed by atoms with van der Waals surface area (Å²) in [6.45, 7) is 1.38. The maximum absolute atomic E-state index is 13.3. The van der Waals surface area contributed by atoms with Gasteiger partial charge in [-0.15, -0.1) is 0 Å². The van der Waals surface area contributed by atoms with E-state index in [0.29, 0.717) is 5.56 Å². The average molecular weight is 308 g/mol. The number of sulfonamides is 1. The van der Waals surface area contributed by atoms with Gasteiger partial charge in [-0.2, -0.15) is 0 Å². The Balaban J connectivity index is 2.37. The van der Waals surface area contributed by atoms with Crippen LogP contribution in [0.5, 0.6) is 0 Å². The molecule has 0 fully saturated rings. The lowest BCUT2D eigenvalue weighted by Crippen LogP contribution is -2.14. The molecule has 7 heteroatoms. The molecule has 110 valence electrons. The fraction of sp³-hybridized carbons (Fsp3) is 0.0714. The molecule has 3 N–H and O–H groups in total. The Bertz CT molecular complexity index is 783. The molecule has 0 heterocycles. The normalized spacial score (nSPS) is 11.1. The van der Waals surface area contributed by atoms with E-state index in [1.54, 1.807) is 12.1 Å². The summed E-state index contributed by atoms with van der Waals surface area (Å²) in [7, 11) is -3.98. The van der Waals surface area contributed by atoms with E-state index < -0.39 is 15.8 Å². The number of anilines is 2. The maximum atomic E-state index is 13.3. The van der Waals surface area contributed by atoms with E-state index in [9.17, 15) is 17.6 Å².